The van der Waals surface area contributed by atoms with Crippen LogP contribution in [0.4, 0.5) is 8.78 Å². The Morgan fingerprint density at radius 1 is 1.04 bits per heavy atom. The van der Waals surface area contributed by atoms with Crippen molar-refractivity contribution in [2.45, 2.75) is 32.3 Å². The van der Waals surface area contributed by atoms with Crippen molar-refractivity contribution in [3.05, 3.63) is 70.3 Å². The molecule has 0 saturated carbocycles. The van der Waals surface area contributed by atoms with Crippen LogP contribution in [0.1, 0.15) is 45.2 Å². The second-order valence-corrected chi connectivity index (χ2v) is 5.87. The largest absolute Gasteiger partial charge is 0.451 e. The Kier molecular flexibility index (Phi) is 4.42. The molecule has 1 aliphatic carbocycles. The van der Waals surface area contributed by atoms with Gasteiger partial charge in [0.25, 0.3) is 0 Å². The molecule has 124 valence electrons. The molecule has 0 saturated heterocycles. The number of hydrogen-bond donors (Lipinski definition) is 0. The highest BCUT2D eigenvalue weighted by atomic mass is 19.1. The lowest BCUT2D eigenvalue weighted by molar-refractivity contribution is 0.0314. The predicted molar refractivity (Wildman–Crippen MR) is 84.0 cm³/mol. The van der Waals surface area contributed by atoms with Gasteiger partial charge in [0, 0.05) is 11.6 Å². The van der Waals surface area contributed by atoms with Crippen LogP contribution >= 0.6 is 0 Å². The molecule has 0 unspecified atom stereocenters. The average Bonchev–Trinajstić information content (AvgIpc) is 3.01. The van der Waals surface area contributed by atoms with E-state index in [0.717, 1.165) is 37.0 Å². The first kappa shape index (κ1) is 16.3. The molecule has 0 fully saturated rings. The van der Waals surface area contributed by atoms with Crippen molar-refractivity contribution in [1.29, 1.82) is 0 Å². The van der Waals surface area contributed by atoms with E-state index in [4.69, 9.17) is 4.74 Å². The van der Waals surface area contributed by atoms with Crippen LogP contribution < -0.4 is 0 Å². The molecule has 0 spiro atoms. The standard InChI is InChI=1S/C19H16F2O3/c1-11(24-19(23)16-8-7-15(20)10-17(16)21)18(22)14-6-5-12-3-2-4-13(12)9-14/h5-11H,2-4H2,1H3/t11-/m0/s1. The number of rotatable bonds is 4. The van der Waals surface area contributed by atoms with Gasteiger partial charge < -0.3 is 4.74 Å². The molecule has 2 aromatic rings. The molecule has 3 nitrogen and oxygen atoms in total. The van der Waals surface area contributed by atoms with Gasteiger partial charge in [-0.05, 0) is 55.5 Å². The summed E-state index contributed by atoms with van der Waals surface area (Å²) in [4.78, 5) is 24.4. The number of ether oxygens (including phenoxy) is 1. The molecule has 3 rings (SSSR count). The number of carbonyl (C=O) groups excluding carboxylic acids is 2. The van der Waals surface area contributed by atoms with E-state index in [1.165, 1.54) is 12.5 Å². The van der Waals surface area contributed by atoms with Gasteiger partial charge in [-0.1, -0.05) is 12.1 Å². The monoisotopic (exact) mass is 330 g/mol. The Labute approximate surface area is 138 Å². The molecule has 0 aromatic heterocycles. The van der Waals surface area contributed by atoms with Crippen molar-refractivity contribution < 1.29 is 23.1 Å². The zero-order chi connectivity index (χ0) is 17.3. The van der Waals surface area contributed by atoms with Crippen LogP contribution in [0.25, 0.3) is 0 Å². The maximum Gasteiger partial charge on any atom is 0.341 e. The quantitative estimate of drug-likeness (QED) is 0.631. The Bertz CT molecular complexity index is 814. The number of hydrogen-bond acceptors (Lipinski definition) is 3. The summed E-state index contributed by atoms with van der Waals surface area (Å²) in [7, 11) is 0. The topological polar surface area (TPSA) is 43.4 Å². The smallest absolute Gasteiger partial charge is 0.341 e. The number of carbonyl (C=O) groups is 2. The van der Waals surface area contributed by atoms with Gasteiger partial charge in [0.1, 0.15) is 11.6 Å². The van der Waals surface area contributed by atoms with Crippen LogP contribution in [0.15, 0.2) is 36.4 Å². The summed E-state index contributed by atoms with van der Waals surface area (Å²) in [5.41, 5.74) is 2.45. The first-order valence-electron chi connectivity index (χ1n) is 7.78. The minimum atomic E-state index is -1.05. The normalized spacial score (nSPS) is 14.1. The van der Waals surface area contributed by atoms with Crippen LogP contribution in [0.2, 0.25) is 0 Å². The summed E-state index contributed by atoms with van der Waals surface area (Å²) in [6.07, 6.45) is 1.96. The van der Waals surface area contributed by atoms with E-state index in [2.05, 4.69) is 0 Å². The highest BCUT2D eigenvalue weighted by molar-refractivity contribution is 6.01. The summed E-state index contributed by atoms with van der Waals surface area (Å²) in [5.74, 6) is -3.14. The SMILES string of the molecule is C[C@H](OC(=O)c1ccc(F)cc1F)C(=O)c1ccc2c(c1)CCC2. The third-order valence-corrected chi connectivity index (χ3v) is 4.19. The van der Waals surface area contributed by atoms with E-state index in [0.29, 0.717) is 11.6 Å². The first-order chi connectivity index (χ1) is 11.5. The van der Waals surface area contributed by atoms with Crippen LogP contribution in [0, 0.1) is 11.6 Å². The maximum atomic E-state index is 13.6. The van der Waals surface area contributed by atoms with Crippen molar-refractivity contribution in [2.75, 3.05) is 0 Å². The number of halogens is 2. The van der Waals surface area contributed by atoms with Gasteiger partial charge in [-0.2, -0.15) is 0 Å². The molecule has 1 atom stereocenters. The number of esters is 1. The van der Waals surface area contributed by atoms with Gasteiger partial charge in [0.15, 0.2) is 6.10 Å². The molecule has 0 radical (unpaired) electrons. The van der Waals surface area contributed by atoms with Gasteiger partial charge in [-0.3, -0.25) is 4.79 Å². The van der Waals surface area contributed by atoms with Crippen molar-refractivity contribution >= 4 is 11.8 Å². The van der Waals surface area contributed by atoms with Crippen LogP contribution in [-0.2, 0) is 17.6 Å². The zero-order valence-electron chi connectivity index (χ0n) is 13.1. The van der Waals surface area contributed by atoms with Crippen molar-refractivity contribution in [1.82, 2.24) is 0 Å². The second-order valence-electron chi connectivity index (χ2n) is 5.87. The first-order valence-corrected chi connectivity index (χ1v) is 7.78. The molecular formula is C19H16F2O3. The molecule has 24 heavy (non-hydrogen) atoms. The van der Waals surface area contributed by atoms with Crippen molar-refractivity contribution in [2.24, 2.45) is 0 Å². The Morgan fingerprint density at radius 3 is 2.54 bits per heavy atom. The van der Waals surface area contributed by atoms with E-state index in [-0.39, 0.29) is 5.78 Å². The number of ketones is 1. The molecule has 0 amide bonds. The van der Waals surface area contributed by atoms with E-state index in [9.17, 15) is 18.4 Å². The highest BCUT2D eigenvalue weighted by Gasteiger charge is 2.23. The zero-order valence-corrected chi connectivity index (χ0v) is 13.1. The fourth-order valence-electron chi connectivity index (χ4n) is 2.89. The van der Waals surface area contributed by atoms with Gasteiger partial charge in [0.2, 0.25) is 5.78 Å². The number of aryl methyl sites for hydroxylation is 2. The predicted octanol–water partition coefficient (Wildman–Crippen LogP) is 3.88. The van der Waals surface area contributed by atoms with E-state index < -0.39 is 29.3 Å². The van der Waals surface area contributed by atoms with Gasteiger partial charge in [0.05, 0.1) is 5.56 Å². The highest BCUT2D eigenvalue weighted by Crippen LogP contribution is 2.24. The molecule has 5 heteroatoms. The number of Topliss-reactive ketones (excluding diaryl/α,β-unsaturated/α-hetero) is 1. The van der Waals surface area contributed by atoms with Crippen LogP contribution in [0.5, 0.6) is 0 Å². The Balaban J connectivity index is 1.73. The van der Waals surface area contributed by atoms with Crippen LogP contribution in [0.3, 0.4) is 0 Å². The molecular weight excluding hydrogens is 314 g/mol. The molecule has 0 N–H and O–H groups in total. The third kappa shape index (κ3) is 3.20. The van der Waals surface area contributed by atoms with Gasteiger partial charge in [-0.15, -0.1) is 0 Å². The molecule has 0 aliphatic heterocycles. The van der Waals surface area contributed by atoms with Crippen molar-refractivity contribution in [3.63, 3.8) is 0 Å². The third-order valence-electron chi connectivity index (χ3n) is 4.19. The molecule has 0 heterocycles. The summed E-state index contributed by atoms with van der Waals surface area (Å²) in [6, 6.07) is 8.03. The minimum absolute atomic E-state index is 0.347. The minimum Gasteiger partial charge on any atom is -0.451 e. The van der Waals surface area contributed by atoms with Gasteiger partial charge in [-0.25, -0.2) is 13.6 Å². The molecule has 1 aliphatic rings. The lowest BCUT2D eigenvalue weighted by atomic mass is 10.0. The lowest BCUT2D eigenvalue weighted by Crippen LogP contribution is -2.25. The van der Waals surface area contributed by atoms with Crippen molar-refractivity contribution in [3.8, 4) is 0 Å². The molecule has 2 aromatic carbocycles. The molecule has 0 bridgehead atoms. The Hall–Kier alpha value is -2.56. The fourth-order valence-corrected chi connectivity index (χ4v) is 2.89. The summed E-state index contributed by atoms with van der Waals surface area (Å²) >= 11 is 0. The van der Waals surface area contributed by atoms with E-state index in [1.54, 1.807) is 6.07 Å². The number of fused-ring (bicyclic) bond motifs is 1. The summed E-state index contributed by atoms with van der Waals surface area (Å²) < 4.78 is 31.5. The van der Waals surface area contributed by atoms with E-state index in [1.807, 2.05) is 12.1 Å². The number of benzene rings is 2. The van der Waals surface area contributed by atoms with Gasteiger partial charge >= 0.3 is 5.97 Å². The lowest BCUT2D eigenvalue weighted by Gasteiger charge is -2.13. The summed E-state index contributed by atoms with van der Waals surface area (Å²) in [6.45, 7) is 1.44. The van der Waals surface area contributed by atoms with E-state index >= 15 is 0 Å². The maximum absolute atomic E-state index is 13.6. The fraction of sp³-hybridized carbons (Fsp3) is 0.263. The Morgan fingerprint density at radius 2 is 1.79 bits per heavy atom. The summed E-state index contributed by atoms with van der Waals surface area (Å²) in [5, 5.41) is 0. The second kappa shape index (κ2) is 6.51. The average molecular weight is 330 g/mol. The van der Waals surface area contributed by atoms with Crippen LogP contribution in [-0.4, -0.2) is 17.9 Å².